The highest BCUT2D eigenvalue weighted by atomic mass is 35.5. The van der Waals surface area contributed by atoms with Gasteiger partial charge in [-0.05, 0) is 79.4 Å². The Morgan fingerprint density at radius 1 is 1.08 bits per heavy atom. The van der Waals surface area contributed by atoms with Gasteiger partial charge in [0.25, 0.3) is 0 Å². The van der Waals surface area contributed by atoms with Gasteiger partial charge in [0, 0.05) is 36.9 Å². The monoisotopic (exact) mass is 531 g/mol. The zero-order valence-electron chi connectivity index (χ0n) is 22.7. The van der Waals surface area contributed by atoms with Crippen LogP contribution in [0.25, 0.3) is 5.57 Å². The van der Waals surface area contributed by atoms with E-state index in [1.807, 2.05) is 105 Å². The molecule has 2 atom stereocenters. The molecule has 38 heavy (non-hydrogen) atoms. The quantitative estimate of drug-likeness (QED) is 0.355. The molecule has 0 aromatic heterocycles. The highest BCUT2D eigenvalue weighted by molar-refractivity contribution is 6.30. The van der Waals surface area contributed by atoms with Crippen LogP contribution in [0.15, 0.2) is 66.4 Å². The molecule has 6 nitrogen and oxygen atoms in total. The Bertz CT molecular complexity index is 1360. The average Bonchev–Trinajstić information content (AvgIpc) is 2.89. The third kappa shape index (κ3) is 5.45. The predicted octanol–water partition coefficient (Wildman–Crippen LogP) is 6.42. The van der Waals surface area contributed by atoms with Crippen LogP contribution in [0.5, 0.6) is 11.5 Å². The maximum absolute atomic E-state index is 11.5. The number of ether oxygens (including phenoxy) is 2. The second-order valence-corrected chi connectivity index (χ2v) is 10.4. The number of fused-ring (bicyclic) bond motifs is 1. The number of anilines is 1. The van der Waals surface area contributed by atoms with Crippen LogP contribution >= 0.6 is 11.6 Å². The fourth-order valence-electron chi connectivity index (χ4n) is 4.86. The summed E-state index contributed by atoms with van der Waals surface area (Å²) in [5, 5.41) is 21.9. The van der Waals surface area contributed by atoms with E-state index in [1.54, 1.807) is 7.11 Å². The van der Waals surface area contributed by atoms with Crippen molar-refractivity contribution in [3.05, 3.63) is 93.6 Å². The molecule has 1 heterocycles. The fourth-order valence-corrected chi connectivity index (χ4v) is 4.98. The first kappa shape index (κ1) is 27.4. The summed E-state index contributed by atoms with van der Waals surface area (Å²) in [6.07, 6.45) is -0.394. The lowest BCUT2D eigenvalue weighted by Gasteiger charge is -2.43. The molecule has 1 aliphatic rings. The van der Waals surface area contributed by atoms with Gasteiger partial charge >= 0.3 is 0 Å². The van der Waals surface area contributed by atoms with Crippen LogP contribution in [0.3, 0.4) is 0 Å². The van der Waals surface area contributed by atoms with Gasteiger partial charge in [0.15, 0.2) is 11.5 Å². The molecule has 1 N–H and O–H groups in total. The molecular weight excluding hydrogens is 498 g/mol. The standard InChI is InChI=1S/C31H34ClN3O3/c1-19(2)38-29-17-26-23(15-28(29)37-6)16-30(36)35(31(26)22-7-11-24(32)12-8-22)25-13-9-21(10-14-25)27(18-33)20(3)34(4)5/h7-15,17,19,30-31,36H,16H2,1-6H3. The Kier molecular flexibility index (Phi) is 8.20. The zero-order valence-corrected chi connectivity index (χ0v) is 23.5. The molecule has 0 aliphatic carbocycles. The summed E-state index contributed by atoms with van der Waals surface area (Å²) in [5.74, 6) is 1.30. The lowest BCUT2D eigenvalue weighted by molar-refractivity contribution is 0.153. The van der Waals surface area contributed by atoms with Crippen LogP contribution in [-0.4, -0.2) is 43.5 Å². The van der Waals surface area contributed by atoms with Crippen molar-refractivity contribution in [2.24, 2.45) is 0 Å². The number of rotatable bonds is 7. The second-order valence-electron chi connectivity index (χ2n) is 9.93. The maximum atomic E-state index is 11.5. The first-order valence-corrected chi connectivity index (χ1v) is 13.0. The van der Waals surface area contributed by atoms with Gasteiger partial charge in [0.2, 0.25) is 0 Å². The van der Waals surface area contributed by atoms with E-state index in [1.165, 1.54) is 0 Å². The van der Waals surface area contributed by atoms with E-state index >= 15 is 0 Å². The van der Waals surface area contributed by atoms with Crippen molar-refractivity contribution in [3.63, 3.8) is 0 Å². The van der Waals surface area contributed by atoms with E-state index in [0.717, 1.165) is 33.6 Å². The number of aliphatic hydroxyl groups is 1. The Morgan fingerprint density at radius 3 is 2.29 bits per heavy atom. The van der Waals surface area contributed by atoms with E-state index < -0.39 is 6.23 Å². The minimum Gasteiger partial charge on any atom is -0.493 e. The van der Waals surface area contributed by atoms with E-state index in [0.29, 0.717) is 28.5 Å². The first-order valence-electron chi connectivity index (χ1n) is 12.6. The summed E-state index contributed by atoms with van der Waals surface area (Å²) in [7, 11) is 5.47. The summed E-state index contributed by atoms with van der Waals surface area (Å²) < 4.78 is 11.7. The van der Waals surface area contributed by atoms with Gasteiger partial charge in [-0.2, -0.15) is 5.26 Å². The molecule has 0 spiro atoms. The average molecular weight is 532 g/mol. The van der Waals surface area contributed by atoms with E-state index in [2.05, 4.69) is 6.07 Å². The molecule has 0 bridgehead atoms. The van der Waals surface area contributed by atoms with Gasteiger partial charge in [0.05, 0.1) is 24.8 Å². The molecular formula is C31H34ClN3O3. The summed E-state index contributed by atoms with van der Waals surface area (Å²) in [4.78, 5) is 3.94. The number of allylic oxidation sites excluding steroid dienone is 2. The van der Waals surface area contributed by atoms with Crippen molar-refractivity contribution in [1.82, 2.24) is 4.90 Å². The molecule has 1 aliphatic heterocycles. The lowest BCUT2D eigenvalue weighted by Crippen LogP contribution is -2.44. The summed E-state index contributed by atoms with van der Waals surface area (Å²) >= 11 is 6.23. The number of nitriles is 1. The van der Waals surface area contributed by atoms with E-state index in [-0.39, 0.29) is 12.1 Å². The molecule has 198 valence electrons. The summed E-state index contributed by atoms with van der Waals surface area (Å²) in [5.41, 5.74) is 6.18. The van der Waals surface area contributed by atoms with Crippen LogP contribution in [-0.2, 0) is 6.42 Å². The van der Waals surface area contributed by atoms with E-state index in [4.69, 9.17) is 21.1 Å². The van der Waals surface area contributed by atoms with Crippen molar-refractivity contribution in [2.45, 2.75) is 45.6 Å². The Balaban J connectivity index is 1.86. The van der Waals surface area contributed by atoms with Gasteiger partial charge in [-0.15, -0.1) is 0 Å². The number of benzene rings is 3. The molecule has 0 amide bonds. The van der Waals surface area contributed by atoms with Gasteiger partial charge in [-0.25, -0.2) is 0 Å². The van der Waals surface area contributed by atoms with Crippen molar-refractivity contribution < 1.29 is 14.6 Å². The van der Waals surface area contributed by atoms with Gasteiger partial charge < -0.3 is 24.4 Å². The molecule has 4 rings (SSSR count). The number of methoxy groups -OCH3 is 1. The first-order chi connectivity index (χ1) is 18.1. The van der Waals surface area contributed by atoms with Crippen LogP contribution in [0, 0.1) is 11.3 Å². The Morgan fingerprint density at radius 2 is 1.74 bits per heavy atom. The molecule has 0 fully saturated rings. The number of nitrogens with zero attached hydrogens (tertiary/aromatic N) is 3. The van der Waals surface area contributed by atoms with Crippen molar-refractivity contribution >= 4 is 22.9 Å². The minimum atomic E-state index is -0.787. The normalized spacial score (nSPS) is 17.4. The number of hydrogen-bond donors (Lipinski definition) is 1. The molecule has 3 aromatic rings. The van der Waals surface area contributed by atoms with Crippen molar-refractivity contribution in [2.75, 3.05) is 26.1 Å². The predicted molar refractivity (Wildman–Crippen MR) is 153 cm³/mol. The molecule has 0 saturated heterocycles. The molecule has 3 aromatic carbocycles. The topological polar surface area (TPSA) is 69.0 Å². The Hall–Kier alpha value is -3.66. The van der Waals surface area contributed by atoms with Crippen LogP contribution in [0.1, 0.15) is 49.1 Å². The summed E-state index contributed by atoms with van der Waals surface area (Å²) in [6, 6.07) is 21.5. The maximum Gasteiger partial charge on any atom is 0.161 e. The number of hydrogen-bond acceptors (Lipinski definition) is 6. The largest absolute Gasteiger partial charge is 0.493 e. The fraction of sp³-hybridized carbons (Fsp3) is 0.323. The van der Waals surface area contributed by atoms with Gasteiger partial charge in [-0.1, -0.05) is 35.9 Å². The third-order valence-corrected chi connectivity index (χ3v) is 7.12. The molecule has 2 unspecified atom stereocenters. The minimum absolute atomic E-state index is 0.0261. The van der Waals surface area contributed by atoms with E-state index in [9.17, 15) is 10.4 Å². The molecule has 0 saturated carbocycles. The van der Waals surface area contributed by atoms with Crippen LogP contribution in [0.2, 0.25) is 5.02 Å². The molecule has 7 heteroatoms. The molecule has 0 radical (unpaired) electrons. The smallest absolute Gasteiger partial charge is 0.161 e. The second kappa shape index (κ2) is 11.4. The third-order valence-electron chi connectivity index (χ3n) is 6.87. The summed E-state index contributed by atoms with van der Waals surface area (Å²) in [6.45, 7) is 5.89. The van der Waals surface area contributed by atoms with Crippen molar-refractivity contribution in [1.29, 1.82) is 5.26 Å². The highest BCUT2D eigenvalue weighted by Gasteiger charge is 2.36. The Labute approximate surface area is 230 Å². The lowest BCUT2D eigenvalue weighted by atomic mass is 9.86. The van der Waals surface area contributed by atoms with Crippen molar-refractivity contribution in [3.8, 4) is 17.6 Å². The van der Waals surface area contributed by atoms with Gasteiger partial charge in [0.1, 0.15) is 12.3 Å². The van der Waals surface area contributed by atoms with Crippen LogP contribution in [0.4, 0.5) is 5.69 Å². The van der Waals surface area contributed by atoms with Gasteiger partial charge in [-0.3, -0.25) is 0 Å². The van der Waals surface area contributed by atoms with Crippen LogP contribution < -0.4 is 14.4 Å². The highest BCUT2D eigenvalue weighted by Crippen LogP contribution is 2.45. The zero-order chi connectivity index (χ0) is 27.6. The number of halogens is 1. The SMILES string of the molecule is COc1cc2c(cc1OC(C)C)C(c1ccc(Cl)cc1)N(c1ccc(C(C#N)=C(C)N(C)C)cc1)C(O)C2. The number of aliphatic hydroxyl groups excluding tert-OH is 1.